The number of aliphatic hydroxyl groups is 1. The highest BCUT2D eigenvalue weighted by Gasteiger charge is 2.27. The van der Waals surface area contributed by atoms with Crippen LogP contribution in [0.2, 0.25) is 5.02 Å². The fourth-order valence-electron chi connectivity index (χ4n) is 3.67. The quantitative estimate of drug-likeness (QED) is 0.324. The molecule has 26 heavy (non-hydrogen) atoms. The molecule has 0 bridgehead atoms. The molecule has 1 aromatic carbocycles. The van der Waals surface area contributed by atoms with Gasteiger partial charge in [-0.15, -0.1) is 0 Å². The number of nitrogens with zero attached hydrogens (tertiary/aromatic N) is 1. The van der Waals surface area contributed by atoms with Crippen molar-refractivity contribution in [3.05, 3.63) is 52.1 Å². The normalized spacial score (nSPS) is 17.6. The SMILES string of the molecule is CSN1CCC(C(C=C(C)C)c2ccc(Cl)cc2/C=C/CCCO)CC1. The first kappa shape index (κ1) is 21.6. The third kappa shape index (κ3) is 6.45. The summed E-state index contributed by atoms with van der Waals surface area (Å²) in [5, 5.41) is 9.77. The van der Waals surface area contributed by atoms with E-state index in [4.69, 9.17) is 16.7 Å². The van der Waals surface area contributed by atoms with E-state index in [1.54, 1.807) is 0 Å². The summed E-state index contributed by atoms with van der Waals surface area (Å²) in [6.45, 7) is 6.94. The second kappa shape index (κ2) is 11.2. The Morgan fingerprint density at radius 3 is 2.69 bits per heavy atom. The van der Waals surface area contributed by atoms with Crippen molar-refractivity contribution in [2.24, 2.45) is 5.92 Å². The molecule has 0 spiro atoms. The molecule has 1 aliphatic heterocycles. The van der Waals surface area contributed by atoms with E-state index in [2.05, 4.69) is 54.8 Å². The van der Waals surface area contributed by atoms with E-state index in [0.717, 1.165) is 31.0 Å². The van der Waals surface area contributed by atoms with E-state index >= 15 is 0 Å². The molecule has 1 aliphatic rings. The van der Waals surface area contributed by atoms with Crippen LogP contribution in [-0.2, 0) is 0 Å². The molecule has 0 aromatic heterocycles. The summed E-state index contributed by atoms with van der Waals surface area (Å²) < 4.78 is 2.47. The minimum Gasteiger partial charge on any atom is -0.396 e. The average Bonchev–Trinajstić information content (AvgIpc) is 2.64. The van der Waals surface area contributed by atoms with Gasteiger partial charge in [-0.05, 0) is 75.0 Å². The Kier molecular flexibility index (Phi) is 9.27. The number of benzene rings is 1. The number of hydrogen-bond acceptors (Lipinski definition) is 3. The minimum absolute atomic E-state index is 0.237. The fourth-order valence-corrected chi connectivity index (χ4v) is 4.43. The van der Waals surface area contributed by atoms with Crippen molar-refractivity contribution < 1.29 is 5.11 Å². The lowest BCUT2D eigenvalue weighted by molar-refractivity contribution is 0.274. The fraction of sp³-hybridized carbons (Fsp3) is 0.545. The summed E-state index contributed by atoms with van der Waals surface area (Å²) in [6.07, 6.45) is 13.1. The van der Waals surface area contributed by atoms with Crippen molar-refractivity contribution in [1.82, 2.24) is 4.31 Å². The standard InChI is InChI=1S/C22H32ClNOS/c1-17(2)15-22(18-10-12-24(26-3)13-11-18)21-9-8-20(23)16-19(21)7-5-4-6-14-25/h5,7-9,15-16,18,22,25H,4,6,10-14H2,1-3H3/b7-5+. The number of allylic oxidation sites excluding steroid dienone is 3. The van der Waals surface area contributed by atoms with Gasteiger partial charge in [-0.25, -0.2) is 0 Å². The van der Waals surface area contributed by atoms with Gasteiger partial charge in [0.15, 0.2) is 0 Å². The molecule has 1 aromatic rings. The van der Waals surface area contributed by atoms with E-state index in [-0.39, 0.29) is 6.61 Å². The van der Waals surface area contributed by atoms with Crippen LogP contribution < -0.4 is 0 Å². The number of hydrogen-bond donors (Lipinski definition) is 1. The van der Waals surface area contributed by atoms with E-state index in [0.29, 0.717) is 11.8 Å². The van der Waals surface area contributed by atoms with Crippen LogP contribution in [0.5, 0.6) is 0 Å². The van der Waals surface area contributed by atoms with Gasteiger partial charge in [0.05, 0.1) is 0 Å². The highest BCUT2D eigenvalue weighted by atomic mass is 35.5. The monoisotopic (exact) mass is 393 g/mol. The number of unbranched alkanes of at least 4 members (excludes halogenated alkanes) is 1. The molecule has 1 fully saturated rings. The molecule has 1 atom stereocenters. The second-order valence-electron chi connectivity index (χ2n) is 7.26. The molecule has 0 radical (unpaired) electrons. The van der Waals surface area contributed by atoms with Crippen LogP contribution in [0.1, 0.15) is 56.6 Å². The van der Waals surface area contributed by atoms with Crippen molar-refractivity contribution in [1.29, 1.82) is 0 Å². The van der Waals surface area contributed by atoms with Crippen LogP contribution in [0.3, 0.4) is 0 Å². The Balaban J connectivity index is 2.30. The third-order valence-corrected chi connectivity index (χ3v) is 6.13. The molecule has 2 nitrogen and oxygen atoms in total. The molecule has 2 rings (SSSR count). The molecule has 4 heteroatoms. The van der Waals surface area contributed by atoms with Crippen molar-refractivity contribution >= 4 is 29.6 Å². The first-order valence-electron chi connectivity index (χ1n) is 9.56. The molecule has 1 unspecified atom stereocenters. The number of halogens is 1. The molecule has 0 amide bonds. The Hall–Kier alpha value is -0.740. The molecule has 144 valence electrons. The highest BCUT2D eigenvalue weighted by molar-refractivity contribution is 7.96. The Labute approximate surface area is 168 Å². The van der Waals surface area contributed by atoms with Crippen LogP contribution >= 0.6 is 23.5 Å². The summed E-state index contributed by atoms with van der Waals surface area (Å²) in [5.41, 5.74) is 3.95. The lowest BCUT2D eigenvalue weighted by Crippen LogP contribution is -2.31. The lowest BCUT2D eigenvalue weighted by Gasteiger charge is -2.35. The second-order valence-corrected chi connectivity index (χ2v) is 8.58. The van der Waals surface area contributed by atoms with Crippen molar-refractivity contribution in [3.8, 4) is 0 Å². The summed E-state index contributed by atoms with van der Waals surface area (Å²) in [6, 6.07) is 6.30. The maximum Gasteiger partial charge on any atom is 0.0433 e. The maximum absolute atomic E-state index is 8.99. The van der Waals surface area contributed by atoms with Crippen LogP contribution in [0.25, 0.3) is 6.08 Å². The van der Waals surface area contributed by atoms with Crippen molar-refractivity contribution in [3.63, 3.8) is 0 Å². The topological polar surface area (TPSA) is 23.5 Å². The number of aliphatic hydroxyl groups excluding tert-OH is 1. The van der Waals surface area contributed by atoms with E-state index in [9.17, 15) is 0 Å². The Morgan fingerprint density at radius 1 is 1.35 bits per heavy atom. The van der Waals surface area contributed by atoms with Gasteiger partial charge >= 0.3 is 0 Å². The van der Waals surface area contributed by atoms with E-state index < -0.39 is 0 Å². The van der Waals surface area contributed by atoms with Gasteiger partial charge < -0.3 is 5.11 Å². The van der Waals surface area contributed by atoms with Crippen LogP contribution in [0.4, 0.5) is 0 Å². The predicted molar refractivity (Wildman–Crippen MR) is 117 cm³/mol. The van der Waals surface area contributed by atoms with Gasteiger partial charge in [0, 0.05) is 30.6 Å². The highest BCUT2D eigenvalue weighted by Crippen LogP contribution is 2.38. The smallest absolute Gasteiger partial charge is 0.0433 e. The third-order valence-electron chi connectivity index (χ3n) is 5.01. The first-order chi connectivity index (χ1) is 12.5. The molecule has 1 heterocycles. The number of piperidine rings is 1. The zero-order valence-electron chi connectivity index (χ0n) is 16.2. The molecular weight excluding hydrogens is 362 g/mol. The van der Waals surface area contributed by atoms with Crippen molar-refractivity contribution in [2.45, 2.75) is 45.4 Å². The largest absolute Gasteiger partial charge is 0.396 e. The van der Waals surface area contributed by atoms with Crippen molar-refractivity contribution in [2.75, 3.05) is 26.0 Å². The van der Waals surface area contributed by atoms with Gasteiger partial charge in [0.1, 0.15) is 0 Å². The van der Waals surface area contributed by atoms with E-state index in [1.807, 2.05) is 18.0 Å². The Bertz CT molecular complexity index is 617. The lowest BCUT2D eigenvalue weighted by atomic mass is 9.78. The number of rotatable bonds is 8. The summed E-state index contributed by atoms with van der Waals surface area (Å²) >= 11 is 8.15. The van der Waals surface area contributed by atoms with Gasteiger partial charge in [-0.3, -0.25) is 4.31 Å². The van der Waals surface area contributed by atoms with Gasteiger partial charge in [-0.1, -0.05) is 53.4 Å². The average molecular weight is 394 g/mol. The molecule has 1 saturated heterocycles. The zero-order chi connectivity index (χ0) is 18.9. The van der Waals surface area contributed by atoms with E-state index in [1.165, 1.54) is 29.5 Å². The molecule has 0 saturated carbocycles. The summed E-state index contributed by atoms with van der Waals surface area (Å²) in [4.78, 5) is 0. The maximum atomic E-state index is 8.99. The van der Waals surface area contributed by atoms with Crippen LogP contribution in [0.15, 0.2) is 35.9 Å². The predicted octanol–water partition coefficient (Wildman–Crippen LogP) is 6.17. The molecular formula is C22H32ClNOS. The first-order valence-corrected chi connectivity index (χ1v) is 11.1. The van der Waals surface area contributed by atoms with Crippen LogP contribution in [-0.4, -0.2) is 35.4 Å². The summed E-state index contributed by atoms with van der Waals surface area (Å²) in [7, 11) is 0. The Morgan fingerprint density at radius 2 is 2.08 bits per heavy atom. The van der Waals surface area contributed by atoms with Crippen LogP contribution in [0, 0.1) is 5.92 Å². The van der Waals surface area contributed by atoms with Gasteiger partial charge in [-0.2, -0.15) is 0 Å². The molecule has 0 aliphatic carbocycles. The van der Waals surface area contributed by atoms with Gasteiger partial charge in [0.25, 0.3) is 0 Å². The zero-order valence-corrected chi connectivity index (χ0v) is 17.8. The molecule has 1 N–H and O–H groups in total. The summed E-state index contributed by atoms with van der Waals surface area (Å²) in [5.74, 6) is 1.10. The van der Waals surface area contributed by atoms with Gasteiger partial charge in [0.2, 0.25) is 0 Å². The minimum atomic E-state index is 0.237.